The molecule has 0 unspecified atom stereocenters. The van der Waals surface area contributed by atoms with Crippen molar-refractivity contribution in [2.45, 2.75) is 37.1 Å². The van der Waals surface area contributed by atoms with E-state index in [1.54, 1.807) is 14.2 Å². The molecule has 1 heterocycles. The van der Waals surface area contributed by atoms with Crippen molar-refractivity contribution in [3.8, 4) is 0 Å². The molecule has 0 radical (unpaired) electrons. The average molecular weight is 661 g/mol. The second kappa shape index (κ2) is 18.9. The van der Waals surface area contributed by atoms with Crippen LogP contribution < -0.4 is 30.1 Å². The molecule has 1 aliphatic rings. The van der Waals surface area contributed by atoms with Gasteiger partial charge in [-0.15, -0.1) is 0 Å². The van der Waals surface area contributed by atoms with E-state index in [1.165, 1.54) is 11.1 Å². The maximum absolute atomic E-state index is 6.48. The summed E-state index contributed by atoms with van der Waals surface area (Å²) in [4.78, 5) is 6.04. The molecule has 0 aliphatic carbocycles. The molecule has 8 nitrogen and oxygen atoms in total. The third-order valence-corrected chi connectivity index (χ3v) is 9.24. The first-order chi connectivity index (χ1) is 18.7. The normalized spacial score (nSPS) is 21.6. The molecule has 2 aromatic carbocycles. The Morgan fingerprint density at radius 3 is 1.87 bits per heavy atom. The Morgan fingerprint density at radius 2 is 1.32 bits per heavy atom. The maximum atomic E-state index is 6.48. The van der Waals surface area contributed by atoms with Crippen LogP contribution in [-0.4, -0.2) is 88.6 Å². The van der Waals surface area contributed by atoms with Crippen molar-refractivity contribution in [2.24, 2.45) is 0 Å². The fraction of sp³-hybridized carbons (Fsp3) is 0.536. The topological polar surface area (TPSA) is 81.4 Å². The standard InChI is InChI=1S/C28H40IN2O6S/c1-29-38-28-30-24(18-22-10-6-4-7-11-22)26(36-20-34-16-14-32-2)27(37-21-35-17-15-33-3)25(31-28)19-23-12-8-5-9-13-23/h4-13,24-27H,14-21H2,1-3H3,(H,30,31)/q-1/p+1/t24-,25-,26+,27+/m1/s1. The van der Waals surface area contributed by atoms with Gasteiger partial charge in [0.25, 0.3) is 0 Å². The van der Waals surface area contributed by atoms with Crippen LogP contribution in [0.5, 0.6) is 0 Å². The minimum absolute atomic E-state index is 0.0428. The van der Waals surface area contributed by atoms with E-state index in [-0.39, 0.29) is 57.7 Å². The predicted octanol–water partition coefficient (Wildman–Crippen LogP) is -1.37. The van der Waals surface area contributed by atoms with E-state index in [0.717, 1.165) is 18.0 Å². The molecule has 0 saturated carbocycles. The zero-order valence-electron chi connectivity index (χ0n) is 22.5. The summed E-state index contributed by atoms with van der Waals surface area (Å²) >= 11 is -0.0606. The predicted molar refractivity (Wildman–Crippen MR) is 146 cm³/mol. The van der Waals surface area contributed by atoms with Crippen molar-refractivity contribution in [1.29, 1.82) is 0 Å². The summed E-state index contributed by atoms with van der Waals surface area (Å²) in [6.45, 7) is 2.24. The molecule has 0 amide bonds. The number of benzene rings is 2. The van der Waals surface area contributed by atoms with Crippen LogP contribution in [0.1, 0.15) is 11.1 Å². The Bertz CT molecular complexity index is 911. The quantitative estimate of drug-likeness (QED) is 0.0933. The summed E-state index contributed by atoms with van der Waals surface area (Å²) in [6, 6.07) is 20.9. The van der Waals surface area contributed by atoms with Gasteiger partial charge in [-0.3, -0.25) is 0 Å². The first kappa shape index (κ1) is 31.3. The molecular formula is C28H41IN2O6S. The van der Waals surface area contributed by atoms with Gasteiger partial charge in [0.15, 0.2) is 0 Å². The van der Waals surface area contributed by atoms with Gasteiger partial charge >= 0.3 is 241 Å². The van der Waals surface area contributed by atoms with Gasteiger partial charge in [-0.25, -0.2) is 0 Å². The summed E-state index contributed by atoms with van der Waals surface area (Å²) < 4.78 is 34.7. The van der Waals surface area contributed by atoms with Crippen LogP contribution in [-0.2, 0) is 41.3 Å². The number of hydrogen-bond donors (Lipinski definition) is 2. The fourth-order valence-electron chi connectivity index (χ4n) is 4.27. The van der Waals surface area contributed by atoms with Crippen molar-refractivity contribution >= 4 is 14.1 Å². The van der Waals surface area contributed by atoms with Gasteiger partial charge in [-0.05, 0) is 0 Å². The Hall–Kier alpha value is -1.25. The van der Waals surface area contributed by atoms with Crippen molar-refractivity contribution in [3.63, 3.8) is 0 Å². The number of methoxy groups -OCH3 is 2. The number of nitrogens with one attached hydrogen (secondary N) is 2. The Morgan fingerprint density at radius 1 is 0.763 bits per heavy atom. The second-order valence-corrected chi connectivity index (χ2v) is 13.6. The number of halogens is 1. The zero-order chi connectivity index (χ0) is 26.8. The van der Waals surface area contributed by atoms with Gasteiger partial charge in [0.2, 0.25) is 0 Å². The van der Waals surface area contributed by atoms with E-state index in [4.69, 9.17) is 28.4 Å². The van der Waals surface area contributed by atoms with E-state index >= 15 is 0 Å². The van der Waals surface area contributed by atoms with Crippen LogP contribution in [0.15, 0.2) is 60.7 Å². The van der Waals surface area contributed by atoms with Crippen LogP contribution in [0.2, 0.25) is 0 Å². The molecule has 0 spiro atoms. The van der Waals surface area contributed by atoms with E-state index < -0.39 is 0 Å². The Labute approximate surface area is 239 Å². The monoisotopic (exact) mass is 660 g/mol. The third kappa shape index (κ3) is 11.1. The number of amidine groups is 1. The molecule has 0 bridgehead atoms. The number of alkyl halides is 1. The van der Waals surface area contributed by atoms with Crippen molar-refractivity contribution in [3.05, 3.63) is 71.8 Å². The summed E-state index contributed by atoms with van der Waals surface area (Å²) in [6.07, 6.45) is 0.941. The third-order valence-electron chi connectivity index (χ3n) is 6.05. The van der Waals surface area contributed by atoms with Gasteiger partial charge in [0.1, 0.15) is 0 Å². The number of ether oxygens (including phenoxy) is 6. The molecule has 0 aromatic heterocycles. The number of hydrogen-bond acceptors (Lipinski definition) is 8. The fourth-order valence-corrected chi connectivity index (χ4v) is 6.90. The molecule has 0 saturated heterocycles. The molecule has 212 valence electrons. The molecule has 4 atom stereocenters. The molecule has 1 aliphatic heterocycles. The van der Waals surface area contributed by atoms with E-state index in [2.05, 4.69) is 63.8 Å². The molecule has 2 N–H and O–H groups in total. The van der Waals surface area contributed by atoms with Crippen LogP contribution in [0, 0.1) is 0 Å². The van der Waals surface area contributed by atoms with Crippen LogP contribution in [0.25, 0.3) is 0 Å². The summed E-state index contributed by atoms with van der Waals surface area (Å²) in [5.41, 5.74) is 2.46. The Kier molecular flexibility index (Phi) is 15.6. The van der Waals surface area contributed by atoms with Gasteiger partial charge in [-0.2, -0.15) is 0 Å². The molecule has 3 rings (SSSR count). The van der Waals surface area contributed by atoms with Gasteiger partial charge in [0.05, 0.1) is 0 Å². The first-order valence-electron chi connectivity index (χ1n) is 12.8. The molecule has 10 heteroatoms. The Balaban J connectivity index is 1.90. The zero-order valence-corrected chi connectivity index (χ0v) is 25.4. The van der Waals surface area contributed by atoms with Crippen molar-refractivity contribution < 1.29 is 53.2 Å². The average Bonchev–Trinajstić information content (AvgIpc) is 3.06. The van der Waals surface area contributed by atoms with Gasteiger partial charge < -0.3 is 0 Å². The second-order valence-electron chi connectivity index (χ2n) is 8.74. The van der Waals surface area contributed by atoms with Gasteiger partial charge in [0, 0.05) is 0 Å². The van der Waals surface area contributed by atoms with E-state index in [1.807, 2.05) is 21.1 Å². The van der Waals surface area contributed by atoms with Crippen LogP contribution in [0.3, 0.4) is 0 Å². The van der Waals surface area contributed by atoms with E-state index in [9.17, 15) is 0 Å². The van der Waals surface area contributed by atoms with Crippen LogP contribution >= 0.6 is 8.93 Å². The van der Waals surface area contributed by atoms with Crippen LogP contribution in [0.4, 0.5) is 0 Å². The first-order valence-corrected chi connectivity index (χ1v) is 18.3. The van der Waals surface area contributed by atoms with Crippen molar-refractivity contribution in [1.82, 2.24) is 5.32 Å². The molecule has 38 heavy (non-hydrogen) atoms. The molecule has 2 aromatic rings. The minimum atomic E-state index is -0.307. The van der Waals surface area contributed by atoms with E-state index in [0.29, 0.717) is 26.4 Å². The molecule has 0 fully saturated rings. The SMILES string of the molecule is COCCOCO[C@@H]1[C@@H](OCOCCOC)[C@@H](Cc2ccccc2)[NH+]=C(S[I-]C)N[C@@H]1Cc1ccccc1. The summed E-state index contributed by atoms with van der Waals surface area (Å²) in [7, 11) is 5.19. The number of rotatable bonds is 17. The summed E-state index contributed by atoms with van der Waals surface area (Å²) in [5.74, 6) is 0. The summed E-state index contributed by atoms with van der Waals surface area (Å²) in [5, 5.41) is 4.85. The van der Waals surface area contributed by atoms with Crippen molar-refractivity contribution in [2.75, 3.05) is 59.2 Å². The molecular weight excluding hydrogens is 619 g/mol. The van der Waals surface area contributed by atoms with Gasteiger partial charge in [-0.1, -0.05) is 0 Å².